The van der Waals surface area contributed by atoms with Gasteiger partial charge in [-0.2, -0.15) is 0 Å². The molecular weight excluding hydrogens is 306 g/mol. The molecule has 2 atom stereocenters. The molecule has 0 saturated heterocycles. The third-order valence-corrected chi connectivity index (χ3v) is 4.20. The molecule has 1 aliphatic rings. The predicted molar refractivity (Wildman–Crippen MR) is 93.6 cm³/mol. The van der Waals surface area contributed by atoms with Crippen LogP contribution in [0.5, 0.6) is 11.5 Å². The Morgan fingerprint density at radius 1 is 1.25 bits per heavy atom. The van der Waals surface area contributed by atoms with E-state index in [4.69, 9.17) is 14.2 Å². The maximum Gasteiger partial charge on any atom is 0.309 e. The van der Waals surface area contributed by atoms with E-state index in [-0.39, 0.29) is 17.9 Å². The van der Waals surface area contributed by atoms with E-state index in [1.165, 1.54) is 11.1 Å². The van der Waals surface area contributed by atoms with E-state index in [2.05, 4.69) is 5.32 Å². The fraction of sp³-hybridized carbons (Fsp3) is 0.632. The summed E-state index contributed by atoms with van der Waals surface area (Å²) in [5.41, 5.74) is 1.96. The Kier molecular flexibility index (Phi) is 5.75. The maximum absolute atomic E-state index is 12.3. The molecule has 1 aliphatic heterocycles. The second-order valence-corrected chi connectivity index (χ2v) is 7.33. The highest BCUT2D eigenvalue weighted by molar-refractivity contribution is 5.72. The first-order valence-electron chi connectivity index (χ1n) is 8.46. The van der Waals surface area contributed by atoms with Crippen LogP contribution in [0.25, 0.3) is 0 Å². The van der Waals surface area contributed by atoms with Crippen molar-refractivity contribution >= 4 is 5.97 Å². The predicted octanol–water partition coefficient (Wildman–Crippen LogP) is 3.26. The van der Waals surface area contributed by atoms with Gasteiger partial charge in [0.2, 0.25) is 0 Å². The van der Waals surface area contributed by atoms with Crippen molar-refractivity contribution in [2.45, 2.75) is 52.2 Å². The van der Waals surface area contributed by atoms with E-state index >= 15 is 0 Å². The first kappa shape index (κ1) is 18.6. The lowest BCUT2D eigenvalue weighted by Gasteiger charge is -2.30. The number of fused-ring (bicyclic) bond motifs is 1. The Bertz CT molecular complexity index is 592. The number of rotatable bonds is 5. The van der Waals surface area contributed by atoms with Crippen LogP contribution in [-0.4, -0.2) is 32.3 Å². The monoisotopic (exact) mass is 335 g/mol. The molecule has 0 radical (unpaired) electrons. The van der Waals surface area contributed by atoms with E-state index in [0.717, 1.165) is 24.5 Å². The van der Waals surface area contributed by atoms with E-state index in [0.29, 0.717) is 6.42 Å². The van der Waals surface area contributed by atoms with E-state index in [9.17, 15) is 4.79 Å². The van der Waals surface area contributed by atoms with Crippen LogP contribution in [0.15, 0.2) is 12.1 Å². The molecule has 5 nitrogen and oxygen atoms in total. The third-order valence-electron chi connectivity index (χ3n) is 4.20. The maximum atomic E-state index is 12.3. The molecule has 1 aromatic rings. The Labute approximate surface area is 144 Å². The van der Waals surface area contributed by atoms with Crippen LogP contribution < -0.4 is 14.8 Å². The summed E-state index contributed by atoms with van der Waals surface area (Å²) < 4.78 is 16.3. The summed E-state index contributed by atoms with van der Waals surface area (Å²) in [6.07, 6.45) is 1.63. The molecule has 0 saturated carbocycles. The SMILES string of the molecule is COc1cc2c(cc1OC)C(CC(C)C(=O)OC(C)(C)C)NCC2. The van der Waals surface area contributed by atoms with Crippen molar-refractivity contribution in [3.05, 3.63) is 23.3 Å². The normalized spacial score (nSPS) is 18.5. The van der Waals surface area contributed by atoms with Crippen molar-refractivity contribution in [1.29, 1.82) is 0 Å². The first-order chi connectivity index (χ1) is 11.2. The van der Waals surface area contributed by atoms with Gasteiger partial charge in [0, 0.05) is 6.04 Å². The number of nitrogens with one attached hydrogen (secondary N) is 1. The lowest BCUT2D eigenvalue weighted by molar-refractivity contribution is -0.159. The fourth-order valence-corrected chi connectivity index (χ4v) is 3.03. The molecule has 0 amide bonds. The quantitative estimate of drug-likeness (QED) is 0.837. The van der Waals surface area contributed by atoms with Crippen LogP contribution in [0, 0.1) is 5.92 Å². The zero-order valence-corrected chi connectivity index (χ0v) is 15.6. The summed E-state index contributed by atoms with van der Waals surface area (Å²) in [4.78, 5) is 12.3. The molecule has 5 heteroatoms. The zero-order chi connectivity index (χ0) is 17.9. The van der Waals surface area contributed by atoms with E-state index in [1.54, 1.807) is 14.2 Å². The molecule has 134 valence electrons. The van der Waals surface area contributed by atoms with Gasteiger partial charge in [-0.15, -0.1) is 0 Å². The molecular formula is C19H29NO4. The fourth-order valence-electron chi connectivity index (χ4n) is 3.03. The summed E-state index contributed by atoms with van der Waals surface area (Å²) in [6.45, 7) is 8.48. The van der Waals surface area contributed by atoms with Crippen LogP contribution in [0.3, 0.4) is 0 Å². The number of esters is 1. The first-order valence-corrected chi connectivity index (χ1v) is 8.46. The number of hydrogen-bond acceptors (Lipinski definition) is 5. The number of benzene rings is 1. The molecule has 0 spiro atoms. The molecule has 1 aromatic carbocycles. The number of methoxy groups -OCH3 is 2. The Morgan fingerprint density at radius 2 is 1.88 bits per heavy atom. The standard InChI is InChI=1S/C19H29NO4/c1-12(18(21)24-19(2,3)4)9-15-14-11-17(23-6)16(22-5)10-13(14)7-8-20-15/h10-12,15,20H,7-9H2,1-6H3. The number of carbonyl (C=O) groups is 1. The van der Waals surface area contributed by atoms with Crippen LogP contribution in [0.4, 0.5) is 0 Å². The second kappa shape index (κ2) is 7.43. The van der Waals surface area contributed by atoms with E-state index in [1.807, 2.05) is 39.8 Å². The minimum Gasteiger partial charge on any atom is -0.493 e. The van der Waals surface area contributed by atoms with Gasteiger partial charge in [0.25, 0.3) is 0 Å². The van der Waals surface area contributed by atoms with Gasteiger partial charge in [0.15, 0.2) is 11.5 Å². The number of hydrogen-bond donors (Lipinski definition) is 1. The van der Waals surface area contributed by atoms with Crippen molar-refractivity contribution < 1.29 is 19.0 Å². The highest BCUT2D eigenvalue weighted by Crippen LogP contribution is 2.37. The van der Waals surface area contributed by atoms with Gasteiger partial charge >= 0.3 is 5.97 Å². The highest BCUT2D eigenvalue weighted by atomic mass is 16.6. The highest BCUT2D eigenvalue weighted by Gasteiger charge is 2.28. The minimum absolute atomic E-state index is 0.107. The van der Waals surface area contributed by atoms with Crippen LogP contribution in [0.1, 0.15) is 51.3 Å². The number of ether oxygens (including phenoxy) is 3. The van der Waals surface area contributed by atoms with Crippen molar-refractivity contribution in [2.24, 2.45) is 5.92 Å². The number of carbonyl (C=O) groups excluding carboxylic acids is 1. The summed E-state index contributed by atoms with van der Waals surface area (Å²) in [6, 6.07) is 4.17. The Balaban J connectivity index is 2.18. The summed E-state index contributed by atoms with van der Waals surface area (Å²) >= 11 is 0. The molecule has 1 N–H and O–H groups in total. The van der Waals surface area contributed by atoms with Gasteiger partial charge in [-0.25, -0.2) is 0 Å². The van der Waals surface area contributed by atoms with Crippen molar-refractivity contribution in [1.82, 2.24) is 5.32 Å². The van der Waals surface area contributed by atoms with Crippen LogP contribution in [0.2, 0.25) is 0 Å². The van der Waals surface area contributed by atoms with Gasteiger partial charge in [-0.1, -0.05) is 6.92 Å². The van der Waals surface area contributed by atoms with E-state index < -0.39 is 5.60 Å². The Morgan fingerprint density at radius 3 is 2.46 bits per heavy atom. The molecule has 2 rings (SSSR count). The lowest BCUT2D eigenvalue weighted by atomic mass is 9.88. The summed E-state index contributed by atoms with van der Waals surface area (Å²) in [5, 5.41) is 3.51. The summed E-state index contributed by atoms with van der Waals surface area (Å²) in [5.74, 6) is 1.13. The van der Waals surface area contributed by atoms with Gasteiger partial charge in [0.05, 0.1) is 20.1 Å². The average Bonchev–Trinajstić information content (AvgIpc) is 2.52. The van der Waals surface area contributed by atoms with Crippen molar-refractivity contribution in [2.75, 3.05) is 20.8 Å². The zero-order valence-electron chi connectivity index (χ0n) is 15.6. The molecule has 2 unspecified atom stereocenters. The third kappa shape index (κ3) is 4.41. The Hall–Kier alpha value is -1.75. The van der Waals surface area contributed by atoms with Gasteiger partial charge in [-0.05, 0) is 63.4 Å². The smallest absolute Gasteiger partial charge is 0.309 e. The van der Waals surface area contributed by atoms with Gasteiger partial charge in [-0.3, -0.25) is 4.79 Å². The largest absolute Gasteiger partial charge is 0.493 e. The molecule has 0 aromatic heterocycles. The average molecular weight is 335 g/mol. The molecule has 0 aliphatic carbocycles. The van der Waals surface area contributed by atoms with Gasteiger partial charge < -0.3 is 19.5 Å². The molecule has 0 bridgehead atoms. The minimum atomic E-state index is -0.459. The second-order valence-electron chi connectivity index (χ2n) is 7.33. The summed E-state index contributed by atoms with van der Waals surface area (Å²) in [7, 11) is 3.28. The molecule has 0 fully saturated rings. The lowest BCUT2D eigenvalue weighted by Crippen LogP contribution is -2.34. The van der Waals surface area contributed by atoms with Crippen LogP contribution >= 0.6 is 0 Å². The topological polar surface area (TPSA) is 56.8 Å². The van der Waals surface area contributed by atoms with Crippen LogP contribution in [-0.2, 0) is 16.0 Å². The van der Waals surface area contributed by atoms with Crippen molar-refractivity contribution in [3.8, 4) is 11.5 Å². The van der Waals surface area contributed by atoms with Gasteiger partial charge in [0.1, 0.15) is 5.60 Å². The van der Waals surface area contributed by atoms with Crippen molar-refractivity contribution in [3.63, 3.8) is 0 Å². The molecule has 1 heterocycles. The molecule has 24 heavy (non-hydrogen) atoms.